The fourth-order valence-corrected chi connectivity index (χ4v) is 1.78. The number of furan rings is 1. The van der Waals surface area contributed by atoms with E-state index in [1.54, 1.807) is 24.3 Å². The van der Waals surface area contributed by atoms with Gasteiger partial charge in [-0.3, -0.25) is 0 Å². The van der Waals surface area contributed by atoms with Crippen molar-refractivity contribution in [3.63, 3.8) is 0 Å². The Kier molecular flexibility index (Phi) is 2.79. The van der Waals surface area contributed by atoms with Crippen molar-refractivity contribution in [1.82, 2.24) is 0 Å². The molecular weight excluding hydrogens is 254 g/mol. The maximum Gasteiger partial charge on any atom is 0.374 e. The summed E-state index contributed by atoms with van der Waals surface area (Å²) >= 11 is 5.69. The lowest BCUT2D eigenvalue weighted by atomic mass is 10.1. The minimum Gasteiger partial charge on any atom is -0.477 e. The summed E-state index contributed by atoms with van der Waals surface area (Å²) in [5.74, 6) is -6.05. The van der Waals surface area contributed by atoms with Crippen molar-refractivity contribution in [3.05, 3.63) is 35.0 Å². The van der Waals surface area contributed by atoms with Crippen LogP contribution in [0, 0.1) is 0 Å². The van der Waals surface area contributed by atoms with Crippen LogP contribution in [0.2, 0.25) is 5.22 Å². The van der Waals surface area contributed by atoms with Gasteiger partial charge in [0.1, 0.15) is 5.58 Å². The summed E-state index contributed by atoms with van der Waals surface area (Å²) < 4.78 is 31.3. The van der Waals surface area contributed by atoms with Crippen LogP contribution < -0.4 is 0 Å². The number of carboxylic acid groups (broad SMARTS) is 1. The maximum absolute atomic E-state index is 13.1. The lowest BCUT2D eigenvalue weighted by Gasteiger charge is -2.09. The SMILES string of the molecule is O=C(O)C(F)(F)Cc1c(Cl)oc2ccccc12. The number of benzene rings is 1. The number of carboxylic acids is 1. The molecule has 2 rings (SSSR count). The van der Waals surface area contributed by atoms with Crippen LogP contribution in [-0.4, -0.2) is 17.0 Å². The lowest BCUT2D eigenvalue weighted by Crippen LogP contribution is -2.30. The molecule has 3 nitrogen and oxygen atoms in total. The van der Waals surface area contributed by atoms with E-state index >= 15 is 0 Å². The fourth-order valence-electron chi connectivity index (χ4n) is 1.53. The standard InChI is InChI=1S/C11H7ClF2O3/c12-9-7(5-11(13,14)10(15)16)6-3-1-2-4-8(6)17-9/h1-4H,5H2,(H,15,16). The number of rotatable bonds is 3. The molecule has 0 spiro atoms. The van der Waals surface area contributed by atoms with Gasteiger partial charge in [-0.15, -0.1) is 0 Å². The molecule has 2 aromatic rings. The largest absolute Gasteiger partial charge is 0.477 e. The van der Waals surface area contributed by atoms with E-state index in [1.165, 1.54) is 0 Å². The van der Waals surface area contributed by atoms with Crippen LogP contribution >= 0.6 is 11.6 Å². The Labute approximate surface area is 99.6 Å². The zero-order valence-corrected chi connectivity index (χ0v) is 9.17. The molecule has 6 heteroatoms. The molecule has 0 radical (unpaired) electrons. The van der Waals surface area contributed by atoms with Crippen molar-refractivity contribution in [2.24, 2.45) is 0 Å². The highest BCUT2D eigenvalue weighted by molar-refractivity contribution is 6.30. The minimum absolute atomic E-state index is 0.00895. The molecule has 0 atom stereocenters. The van der Waals surface area contributed by atoms with Crippen LogP contribution in [0.5, 0.6) is 0 Å². The van der Waals surface area contributed by atoms with E-state index in [4.69, 9.17) is 21.1 Å². The van der Waals surface area contributed by atoms with Crippen molar-refractivity contribution in [2.45, 2.75) is 12.3 Å². The van der Waals surface area contributed by atoms with E-state index in [0.717, 1.165) is 0 Å². The second-order valence-corrected chi connectivity index (χ2v) is 3.88. The minimum atomic E-state index is -3.86. The zero-order valence-electron chi connectivity index (χ0n) is 8.41. The Bertz CT molecular complexity index is 577. The van der Waals surface area contributed by atoms with E-state index in [2.05, 4.69) is 0 Å². The van der Waals surface area contributed by atoms with Crippen molar-refractivity contribution in [2.75, 3.05) is 0 Å². The van der Waals surface area contributed by atoms with E-state index in [0.29, 0.717) is 11.0 Å². The summed E-state index contributed by atoms with van der Waals surface area (Å²) in [6, 6.07) is 6.43. The highest BCUT2D eigenvalue weighted by Gasteiger charge is 2.40. The first-order chi connectivity index (χ1) is 7.92. The molecule has 1 aromatic carbocycles. The number of hydrogen-bond acceptors (Lipinski definition) is 2. The summed E-state index contributed by atoms with van der Waals surface area (Å²) in [6.07, 6.45) is -0.988. The molecule has 0 saturated heterocycles. The molecule has 1 heterocycles. The number of fused-ring (bicyclic) bond motifs is 1. The van der Waals surface area contributed by atoms with Gasteiger partial charge in [-0.05, 0) is 17.7 Å². The van der Waals surface area contributed by atoms with E-state index in [9.17, 15) is 13.6 Å². The fraction of sp³-hybridized carbons (Fsp3) is 0.182. The molecule has 0 fully saturated rings. The van der Waals surface area contributed by atoms with Crippen molar-refractivity contribution < 1.29 is 23.1 Å². The van der Waals surface area contributed by atoms with Gasteiger partial charge in [0.15, 0.2) is 5.22 Å². The molecule has 0 aliphatic heterocycles. The summed E-state index contributed by atoms with van der Waals surface area (Å²) in [5, 5.41) is 8.58. The van der Waals surface area contributed by atoms with Crippen molar-refractivity contribution >= 4 is 28.5 Å². The first kappa shape index (κ1) is 11.9. The topological polar surface area (TPSA) is 50.4 Å². The Balaban J connectivity index is 2.49. The number of para-hydroxylation sites is 1. The van der Waals surface area contributed by atoms with Gasteiger partial charge in [-0.25, -0.2) is 4.79 Å². The number of hydrogen-bond donors (Lipinski definition) is 1. The van der Waals surface area contributed by atoms with Gasteiger partial charge in [0.2, 0.25) is 0 Å². The molecule has 0 aliphatic rings. The van der Waals surface area contributed by atoms with E-state index < -0.39 is 18.3 Å². The van der Waals surface area contributed by atoms with Crippen LogP contribution in [0.3, 0.4) is 0 Å². The van der Waals surface area contributed by atoms with Crippen molar-refractivity contribution in [3.8, 4) is 0 Å². The molecule has 0 amide bonds. The van der Waals surface area contributed by atoms with Crippen LogP contribution in [0.15, 0.2) is 28.7 Å². The van der Waals surface area contributed by atoms with Crippen LogP contribution in [0.25, 0.3) is 11.0 Å². The Morgan fingerprint density at radius 3 is 2.71 bits per heavy atom. The van der Waals surface area contributed by atoms with Gasteiger partial charge < -0.3 is 9.52 Å². The molecule has 90 valence electrons. The molecule has 17 heavy (non-hydrogen) atoms. The van der Waals surface area contributed by atoms with Crippen LogP contribution in [-0.2, 0) is 11.2 Å². The lowest BCUT2D eigenvalue weighted by molar-refractivity contribution is -0.164. The van der Waals surface area contributed by atoms with E-state index in [-0.39, 0.29) is 10.8 Å². The Hall–Kier alpha value is -1.62. The highest BCUT2D eigenvalue weighted by Crippen LogP contribution is 2.33. The number of halogens is 3. The van der Waals surface area contributed by atoms with E-state index in [1.807, 2.05) is 0 Å². The first-order valence-electron chi connectivity index (χ1n) is 4.69. The second-order valence-electron chi connectivity index (χ2n) is 3.54. The number of aliphatic carboxylic acids is 1. The second kappa shape index (κ2) is 4.00. The summed E-state index contributed by atoms with van der Waals surface area (Å²) in [4.78, 5) is 10.4. The van der Waals surface area contributed by atoms with Crippen LogP contribution in [0.4, 0.5) is 8.78 Å². The third kappa shape index (κ3) is 2.10. The predicted octanol–water partition coefficient (Wildman–Crippen LogP) is 3.35. The maximum atomic E-state index is 13.1. The molecule has 1 aromatic heterocycles. The molecule has 0 unspecified atom stereocenters. The average molecular weight is 261 g/mol. The zero-order chi connectivity index (χ0) is 12.6. The monoisotopic (exact) mass is 260 g/mol. The summed E-state index contributed by atoms with van der Waals surface area (Å²) in [6.45, 7) is 0. The van der Waals surface area contributed by atoms with Gasteiger partial charge in [-0.2, -0.15) is 8.78 Å². The van der Waals surface area contributed by atoms with Crippen LogP contribution in [0.1, 0.15) is 5.56 Å². The predicted molar refractivity (Wildman–Crippen MR) is 57.5 cm³/mol. The van der Waals surface area contributed by atoms with Gasteiger partial charge in [0, 0.05) is 10.9 Å². The summed E-state index contributed by atoms with van der Waals surface area (Å²) in [7, 11) is 0. The molecule has 0 saturated carbocycles. The highest BCUT2D eigenvalue weighted by atomic mass is 35.5. The summed E-state index contributed by atoms with van der Waals surface area (Å²) in [5.41, 5.74) is 0.364. The Morgan fingerprint density at radius 2 is 2.06 bits per heavy atom. The number of alkyl halides is 2. The van der Waals surface area contributed by atoms with Gasteiger partial charge in [0.25, 0.3) is 0 Å². The third-order valence-electron chi connectivity index (χ3n) is 2.36. The third-order valence-corrected chi connectivity index (χ3v) is 2.67. The quantitative estimate of drug-likeness (QED) is 0.921. The number of carbonyl (C=O) groups is 1. The average Bonchev–Trinajstić information content (AvgIpc) is 2.55. The molecular formula is C11H7ClF2O3. The normalized spacial score (nSPS) is 11.9. The van der Waals surface area contributed by atoms with Gasteiger partial charge in [-0.1, -0.05) is 18.2 Å². The Morgan fingerprint density at radius 1 is 1.41 bits per heavy atom. The smallest absolute Gasteiger partial charge is 0.374 e. The first-order valence-corrected chi connectivity index (χ1v) is 5.07. The molecule has 0 bridgehead atoms. The van der Waals surface area contributed by atoms with Crippen molar-refractivity contribution in [1.29, 1.82) is 0 Å². The van der Waals surface area contributed by atoms with Gasteiger partial charge >= 0.3 is 11.9 Å². The molecule has 1 N–H and O–H groups in total. The van der Waals surface area contributed by atoms with Gasteiger partial charge in [0.05, 0.1) is 6.42 Å². The molecule has 0 aliphatic carbocycles.